The van der Waals surface area contributed by atoms with E-state index in [2.05, 4.69) is 32.6 Å². The minimum absolute atomic E-state index is 0.0836. The second-order valence-electron chi connectivity index (χ2n) is 7.36. The standard InChI is InChI=1S/C17H31N3S/c1-13(18)15-16(17(2,3)4)19-14(21-15)9-12-20-10-7-5-6-8-11-20/h13H,5-12,18H2,1-4H3. The summed E-state index contributed by atoms with van der Waals surface area (Å²) in [5, 5.41) is 1.26. The van der Waals surface area contributed by atoms with Gasteiger partial charge in [-0.2, -0.15) is 0 Å². The van der Waals surface area contributed by atoms with Crippen LogP contribution in [-0.2, 0) is 11.8 Å². The maximum absolute atomic E-state index is 6.14. The van der Waals surface area contributed by atoms with Crippen LogP contribution in [0.2, 0.25) is 0 Å². The Bertz CT molecular complexity index is 437. The van der Waals surface area contributed by atoms with Crippen molar-refractivity contribution in [3.05, 3.63) is 15.6 Å². The Hall–Kier alpha value is -0.450. The van der Waals surface area contributed by atoms with Gasteiger partial charge in [-0.3, -0.25) is 0 Å². The third-order valence-corrected chi connectivity index (χ3v) is 5.48. The molecule has 0 radical (unpaired) electrons. The zero-order chi connectivity index (χ0) is 15.5. The SMILES string of the molecule is CC(N)c1sc(CCN2CCCCCC2)nc1C(C)(C)C. The Balaban J connectivity index is 2.03. The van der Waals surface area contributed by atoms with Crippen LogP contribution in [0.3, 0.4) is 0 Å². The van der Waals surface area contributed by atoms with Gasteiger partial charge < -0.3 is 10.6 Å². The van der Waals surface area contributed by atoms with Crippen LogP contribution in [0.15, 0.2) is 0 Å². The number of thiazole rings is 1. The molecule has 3 nitrogen and oxygen atoms in total. The highest BCUT2D eigenvalue weighted by molar-refractivity contribution is 7.11. The molecule has 2 N–H and O–H groups in total. The molecular formula is C17H31N3S. The van der Waals surface area contributed by atoms with Crippen molar-refractivity contribution in [1.29, 1.82) is 0 Å². The molecule has 1 unspecified atom stereocenters. The molecule has 0 aliphatic carbocycles. The van der Waals surface area contributed by atoms with E-state index in [9.17, 15) is 0 Å². The summed E-state index contributed by atoms with van der Waals surface area (Å²) in [5.74, 6) is 0. The Labute approximate surface area is 133 Å². The molecule has 1 atom stereocenters. The second kappa shape index (κ2) is 7.21. The van der Waals surface area contributed by atoms with Crippen molar-refractivity contribution in [1.82, 2.24) is 9.88 Å². The van der Waals surface area contributed by atoms with Crippen LogP contribution in [-0.4, -0.2) is 29.5 Å². The Morgan fingerprint density at radius 1 is 1.19 bits per heavy atom. The Morgan fingerprint density at radius 2 is 1.81 bits per heavy atom. The molecule has 4 heteroatoms. The number of nitrogens with zero attached hydrogens (tertiary/aromatic N) is 2. The molecule has 0 spiro atoms. The summed E-state index contributed by atoms with van der Waals surface area (Å²) >= 11 is 1.83. The molecule has 21 heavy (non-hydrogen) atoms. The zero-order valence-corrected chi connectivity index (χ0v) is 14.9. The van der Waals surface area contributed by atoms with E-state index in [1.54, 1.807) is 0 Å². The lowest BCUT2D eigenvalue weighted by atomic mass is 9.90. The largest absolute Gasteiger partial charge is 0.323 e. The van der Waals surface area contributed by atoms with Crippen molar-refractivity contribution in [2.24, 2.45) is 5.73 Å². The molecule has 0 amide bonds. The minimum Gasteiger partial charge on any atom is -0.323 e. The monoisotopic (exact) mass is 309 g/mol. The molecule has 1 aromatic rings. The summed E-state index contributed by atoms with van der Waals surface area (Å²) in [6.45, 7) is 12.4. The van der Waals surface area contributed by atoms with Gasteiger partial charge in [0, 0.05) is 29.3 Å². The van der Waals surface area contributed by atoms with Gasteiger partial charge in [0.15, 0.2) is 0 Å². The molecule has 1 fully saturated rings. The Kier molecular flexibility index (Phi) is 5.81. The number of rotatable bonds is 4. The fourth-order valence-corrected chi connectivity index (χ4v) is 4.16. The van der Waals surface area contributed by atoms with E-state index in [0.717, 1.165) is 13.0 Å². The first-order valence-corrected chi connectivity index (χ1v) is 9.17. The van der Waals surface area contributed by atoms with Crippen molar-refractivity contribution < 1.29 is 0 Å². The second-order valence-corrected chi connectivity index (χ2v) is 8.48. The molecule has 0 bridgehead atoms. The molecule has 0 saturated carbocycles. The molecule has 1 saturated heterocycles. The third-order valence-electron chi connectivity index (χ3n) is 4.16. The van der Waals surface area contributed by atoms with Crippen LogP contribution in [0.25, 0.3) is 0 Å². The lowest BCUT2D eigenvalue weighted by molar-refractivity contribution is 0.288. The summed E-state index contributed by atoms with van der Waals surface area (Å²) in [6, 6.07) is 0.0867. The smallest absolute Gasteiger partial charge is 0.0944 e. The van der Waals surface area contributed by atoms with Crippen LogP contribution in [0, 0.1) is 0 Å². The topological polar surface area (TPSA) is 42.1 Å². The number of likely N-dealkylation sites (tertiary alicyclic amines) is 1. The lowest BCUT2D eigenvalue weighted by Gasteiger charge is -2.19. The van der Waals surface area contributed by atoms with Gasteiger partial charge in [0.25, 0.3) is 0 Å². The molecule has 1 aliphatic heterocycles. The quantitative estimate of drug-likeness (QED) is 0.918. The molecule has 1 aromatic heterocycles. The van der Waals surface area contributed by atoms with E-state index in [1.165, 1.54) is 54.4 Å². The van der Waals surface area contributed by atoms with E-state index in [1.807, 2.05) is 11.3 Å². The highest BCUT2D eigenvalue weighted by atomic mass is 32.1. The van der Waals surface area contributed by atoms with Gasteiger partial charge in [0.05, 0.1) is 10.7 Å². The van der Waals surface area contributed by atoms with Gasteiger partial charge in [-0.05, 0) is 32.9 Å². The molecule has 2 rings (SSSR count). The van der Waals surface area contributed by atoms with Gasteiger partial charge in [-0.15, -0.1) is 11.3 Å². The maximum Gasteiger partial charge on any atom is 0.0944 e. The number of hydrogen-bond acceptors (Lipinski definition) is 4. The summed E-state index contributed by atoms with van der Waals surface area (Å²) in [7, 11) is 0. The first-order valence-electron chi connectivity index (χ1n) is 8.36. The van der Waals surface area contributed by atoms with Crippen molar-refractivity contribution >= 4 is 11.3 Å². The normalized spacial score (nSPS) is 19.5. The van der Waals surface area contributed by atoms with Crippen LogP contribution >= 0.6 is 11.3 Å². The van der Waals surface area contributed by atoms with E-state index < -0.39 is 0 Å². The predicted molar refractivity (Wildman–Crippen MR) is 92.0 cm³/mol. The molecule has 1 aliphatic rings. The first kappa shape index (κ1) is 16.9. The van der Waals surface area contributed by atoms with Crippen molar-refractivity contribution in [3.63, 3.8) is 0 Å². The van der Waals surface area contributed by atoms with E-state index in [-0.39, 0.29) is 11.5 Å². The minimum atomic E-state index is 0.0836. The predicted octanol–water partition coefficient (Wildman–Crippen LogP) is 3.88. The summed E-state index contributed by atoms with van der Waals surface area (Å²) in [5.41, 5.74) is 7.43. The zero-order valence-electron chi connectivity index (χ0n) is 14.1. The van der Waals surface area contributed by atoms with Crippen LogP contribution in [0.5, 0.6) is 0 Å². The highest BCUT2D eigenvalue weighted by Gasteiger charge is 2.25. The van der Waals surface area contributed by atoms with Crippen LogP contribution in [0.4, 0.5) is 0 Å². The van der Waals surface area contributed by atoms with Gasteiger partial charge in [0.2, 0.25) is 0 Å². The lowest BCUT2D eigenvalue weighted by Crippen LogP contribution is -2.27. The van der Waals surface area contributed by atoms with Crippen molar-refractivity contribution in [3.8, 4) is 0 Å². The number of aromatic nitrogens is 1. The molecular weight excluding hydrogens is 278 g/mol. The third kappa shape index (κ3) is 4.76. The fourth-order valence-electron chi connectivity index (χ4n) is 2.94. The maximum atomic E-state index is 6.14. The van der Waals surface area contributed by atoms with Gasteiger partial charge in [-0.1, -0.05) is 33.6 Å². The highest BCUT2D eigenvalue weighted by Crippen LogP contribution is 2.33. The van der Waals surface area contributed by atoms with E-state index in [0.29, 0.717) is 0 Å². The number of nitrogens with two attached hydrogens (primary N) is 1. The average Bonchev–Trinajstić information content (AvgIpc) is 2.67. The summed E-state index contributed by atoms with van der Waals surface area (Å²) in [4.78, 5) is 8.80. The van der Waals surface area contributed by atoms with Gasteiger partial charge >= 0.3 is 0 Å². The van der Waals surface area contributed by atoms with Crippen molar-refractivity contribution in [2.45, 2.75) is 71.3 Å². The molecule has 0 aromatic carbocycles. The van der Waals surface area contributed by atoms with Gasteiger partial charge in [-0.25, -0.2) is 4.98 Å². The Morgan fingerprint density at radius 3 is 2.29 bits per heavy atom. The average molecular weight is 310 g/mol. The van der Waals surface area contributed by atoms with E-state index in [4.69, 9.17) is 10.7 Å². The van der Waals surface area contributed by atoms with Crippen LogP contribution < -0.4 is 5.73 Å². The molecule has 120 valence electrons. The molecule has 2 heterocycles. The fraction of sp³-hybridized carbons (Fsp3) is 0.824. The summed E-state index contributed by atoms with van der Waals surface area (Å²) in [6.07, 6.45) is 6.58. The van der Waals surface area contributed by atoms with E-state index >= 15 is 0 Å². The van der Waals surface area contributed by atoms with Gasteiger partial charge in [0.1, 0.15) is 0 Å². The van der Waals surface area contributed by atoms with Crippen molar-refractivity contribution in [2.75, 3.05) is 19.6 Å². The first-order chi connectivity index (χ1) is 9.88. The summed E-state index contributed by atoms with van der Waals surface area (Å²) < 4.78 is 0. The van der Waals surface area contributed by atoms with Crippen LogP contribution in [0.1, 0.15) is 75.0 Å². The number of hydrogen-bond donors (Lipinski definition) is 1.